The molecule has 118 valence electrons. The highest BCUT2D eigenvalue weighted by molar-refractivity contribution is 5.94. The number of carbonyl (C=O) groups is 1. The maximum Gasteiger partial charge on any atom is 0.243 e. The molecule has 0 radical (unpaired) electrons. The van der Waals surface area contributed by atoms with Crippen LogP contribution in [0.2, 0.25) is 0 Å². The number of amides is 1. The monoisotopic (exact) mass is 307 g/mol. The molecule has 1 amide bonds. The molecular formula is C19H21N3O. The molecule has 0 spiro atoms. The summed E-state index contributed by atoms with van der Waals surface area (Å²) in [6.45, 7) is 6.53. The van der Waals surface area contributed by atoms with Crippen LogP contribution < -0.4 is 10.6 Å². The molecule has 0 saturated heterocycles. The standard InChI is InChI=1S/C19H21N3O/c1-19(2,3)16-6-4-5-7-17(16)22-18(23)13-21-15-10-8-14(12-20)9-11-15/h4-11,21H,13H2,1-3H3,(H,22,23). The van der Waals surface area contributed by atoms with Gasteiger partial charge >= 0.3 is 0 Å². The molecule has 0 heterocycles. The third-order valence-electron chi connectivity index (χ3n) is 3.48. The van der Waals surface area contributed by atoms with E-state index >= 15 is 0 Å². The number of hydrogen-bond acceptors (Lipinski definition) is 3. The van der Waals surface area contributed by atoms with Crippen LogP contribution in [0.25, 0.3) is 0 Å². The van der Waals surface area contributed by atoms with Crippen molar-refractivity contribution in [3.05, 3.63) is 59.7 Å². The molecule has 0 fully saturated rings. The van der Waals surface area contributed by atoms with Crippen LogP contribution in [0.15, 0.2) is 48.5 Å². The number of anilines is 2. The summed E-state index contributed by atoms with van der Waals surface area (Å²) in [5, 5.41) is 14.8. The van der Waals surface area contributed by atoms with Crippen LogP contribution in [0.4, 0.5) is 11.4 Å². The average Bonchev–Trinajstić information content (AvgIpc) is 2.53. The Morgan fingerprint density at radius 3 is 2.35 bits per heavy atom. The molecule has 0 saturated carbocycles. The highest BCUT2D eigenvalue weighted by atomic mass is 16.1. The molecule has 0 atom stereocenters. The Morgan fingerprint density at radius 1 is 1.09 bits per heavy atom. The molecule has 0 aromatic heterocycles. The zero-order valence-electron chi connectivity index (χ0n) is 13.7. The van der Waals surface area contributed by atoms with Gasteiger partial charge in [0.25, 0.3) is 0 Å². The van der Waals surface area contributed by atoms with Gasteiger partial charge in [0.05, 0.1) is 18.2 Å². The van der Waals surface area contributed by atoms with E-state index in [1.165, 1.54) is 0 Å². The van der Waals surface area contributed by atoms with Crippen LogP contribution in [-0.2, 0) is 10.2 Å². The normalized spacial score (nSPS) is 10.7. The first-order chi connectivity index (χ1) is 10.9. The van der Waals surface area contributed by atoms with Gasteiger partial charge in [-0.2, -0.15) is 5.26 Å². The molecule has 0 aliphatic carbocycles. The zero-order valence-corrected chi connectivity index (χ0v) is 13.7. The minimum absolute atomic E-state index is 0.0373. The van der Waals surface area contributed by atoms with Crippen molar-refractivity contribution in [1.82, 2.24) is 0 Å². The second-order valence-electron chi connectivity index (χ2n) is 6.39. The highest BCUT2D eigenvalue weighted by Crippen LogP contribution is 2.29. The fourth-order valence-electron chi connectivity index (χ4n) is 2.29. The van der Waals surface area contributed by atoms with E-state index in [4.69, 9.17) is 5.26 Å². The Morgan fingerprint density at radius 2 is 1.74 bits per heavy atom. The van der Waals surface area contributed by atoms with Crippen LogP contribution in [0.3, 0.4) is 0 Å². The number of hydrogen-bond donors (Lipinski definition) is 2. The molecule has 2 aromatic carbocycles. The first-order valence-electron chi connectivity index (χ1n) is 7.53. The molecule has 0 unspecified atom stereocenters. The van der Waals surface area contributed by atoms with Gasteiger partial charge in [-0.1, -0.05) is 39.0 Å². The lowest BCUT2D eigenvalue weighted by Crippen LogP contribution is -2.24. The summed E-state index contributed by atoms with van der Waals surface area (Å²) in [6, 6.07) is 16.9. The van der Waals surface area contributed by atoms with Gasteiger partial charge in [0, 0.05) is 11.4 Å². The first kappa shape index (κ1) is 16.6. The molecule has 23 heavy (non-hydrogen) atoms. The molecule has 2 N–H and O–H groups in total. The maximum absolute atomic E-state index is 12.2. The number of benzene rings is 2. The smallest absolute Gasteiger partial charge is 0.243 e. The van der Waals surface area contributed by atoms with Crippen LogP contribution >= 0.6 is 0 Å². The molecule has 0 aliphatic heterocycles. The number of nitriles is 1. The summed E-state index contributed by atoms with van der Waals surface area (Å²) in [5.41, 5.74) is 3.31. The predicted octanol–water partition coefficient (Wildman–Crippen LogP) is 3.91. The fourth-order valence-corrected chi connectivity index (χ4v) is 2.29. The maximum atomic E-state index is 12.2. The summed E-state index contributed by atoms with van der Waals surface area (Å²) in [7, 11) is 0. The second-order valence-corrected chi connectivity index (χ2v) is 6.39. The number of nitrogens with one attached hydrogen (secondary N) is 2. The molecule has 4 heteroatoms. The molecule has 0 bridgehead atoms. The number of rotatable bonds is 4. The minimum Gasteiger partial charge on any atom is -0.376 e. The summed E-state index contributed by atoms with van der Waals surface area (Å²) in [4.78, 5) is 12.2. The van der Waals surface area contributed by atoms with E-state index < -0.39 is 0 Å². The summed E-state index contributed by atoms with van der Waals surface area (Å²) < 4.78 is 0. The molecular weight excluding hydrogens is 286 g/mol. The molecule has 0 aliphatic rings. The lowest BCUT2D eigenvalue weighted by atomic mass is 9.86. The average molecular weight is 307 g/mol. The van der Waals surface area contributed by atoms with Gasteiger partial charge in [0.1, 0.15) is 0 Å². The SMILES string of the molecule is CC(C)(C)c1ccccc1NC(=O)CNc1ccc(C#N)cc1. The van der Waals surface area contributed by atoms with E-state index in [0.29, 0.717) is 5.56 Å². The van der Waals surface area contributed by atoms with Crippen LogP contribution in [0.1, 0.15) is 31.9 Å². The number of para-hydroxylation sites is 1. The van der Waals surface area contributed by atoms with Crippen LogP contribution in [-0.4, -0.2) is 12.5 Å². The van der Waals surface area contributed by atoms with Gasteiger partial charge in [-0.15, -0.1) is 0 Å². The van der Waals surface area contributed by atoms with E-state index in [1.54, 1.807) is 24.3 Å². The van der Waals surface area contributed by atoms with Crippen molar-refractivity contribution in [2.75, 3.05) is 17.2 Å². The van der Waals surface area contributed by atoms with Gasteiger partial charge in [0.2, 0.25) is 5.91 Å². The van der Waals surface area contributed by atoms with E-state index in [2.05, 4.69) is 37.5 Å². The Bertz CT molecular complexity index is 722. The van der Waals surface area contributed by atoms with Gasteiger partial charge in [-0.25, -0.2) is 0 Å². The Kier molecular flexibility index (Phi) is 5.02. The minimum atomic E-state index is -0.106. The van der Waals surface area contributed by atoms with Gasteiger partial charge in [0.15, 0.2) is 0 Å². The van der Waals surface area contributed by atoms with Crippen molar-refractivity contribution >= 4 is 17.3 Å². The quantitative estimate of drug-likeness (QED) is 0.900. The van der Waals surface area contributed by atoms with E-state index in [1.807, 2.05) is 24.3 Å². The van der Waals surface area contributed by atoms with Crippen molar-refractivity contribution < 1.29 is 4.79 Å². The lowest BCUT2D eigenvalue weighted by molar-refractivity contribution is -0.114. The Hall–Kier alpha value is -2.80. The van der Waals surface area contributed by atoms with E-state index in [9.17, 15) is 4.79 Å². The lowest BCUT2D eigenvalue weighted by Gasteiger charge is -2.23. The first-order valence-corrected chi connectivity index (χ1v) is 7.53. The number of nitrogens with zero attached hydrogens (tertiary/aromatic N) is 1. The topological polar surface area (TPSA) is 64.9 Å². The molecule has 2 aromatic rings. The third-order valence-corrected chi connectivity index (χ3v) is 3.48. The third kappa shape index (κ3) is 4.58. The second kappa shape index (κ2) is 6.97. The largest absolute Gasteiger partial charge is 0.376 e. The zero-order chi connectivity index (χ0) is 16.9. The number of carbonyl (C=O) groups excluding carboxylic acids is 1. The summed E-state index contributed by atoms with van der Waals surface area (Å²) in [6.07, 6.45) is 0. The van der Waals surface area contributed by atoms with E-state index in [-0.39, 0.29) is 17.9 Å². The summed E-state index contributed by atoms with van der Waals surface area (Å²) in [5.74, 6) is -0.106. The van der Waals surface area contributed by atoms with Crippen molar-refractivity contribution in [2.45, 2.75) is 26.2 Å². The highest BCUT2D eigenvalue weighted by Gasteiger charge is 2.18. The molecule has 4 nitrogen and oxygen atoms in total. The van der Waals surface area contributed by atoms with Crippen molar-refractivity contribution in [3.63, 3.8) is 0 Å². The Balaban J connectivity index is 1.99. The summed E-state index contributed by atoms with van der Waals surface area (Å²) >= 11 is 0. The molecule has 2 rings (SSSR count). The van der Waals surface area contributed by atoms with Crippen molar-refractivity contribution in [3.8, 4) is 6.07 Å². The van der Waals surface area contributed by atoms with Gasteiger partial charge in [-0.05, 0) is 41.3 Å². The van der Waals surface area contributed by atoms with Crippen LogP contribution in [0.5, 0.6) is 0 Å². The van der Waals surface area contributed by atoms with Crippen LogP contribution in [0, 0.1) is 11.3 Å². The van der Waals surface area contributed by atoms with E-state index in [0.717, 1.165) is 16.9 Å². The van der Waals surface area contributed by atoms with Gasteiger partial charge < -0.3 is 10.6 Å². The van der Waals surface area contributed by atoms with Gasteiger partial charge in [-0.3, -0.25) is 4.79 Å². The van der Waals surface area contributed by atoms with Crippen molar-refractivity contribution in [1.29, 1.82) is 5.26 Å². The Labute approximate surface area is 137 Å². The van der Waals surface area contributed by atoms with Crippen molar-refractivity contribution in [2.24, 2.45) is 0 Å². The predicted molar refractivity (Wildman–Crippen MR) is 93.4 cm³/mol. The fraction of sp³-hybridized carbons (Fsp3) is 0.263.